The topological polar surface area (TPSA) is 61.8 Å². The molecule has 2 aromatic rings. The highest BCUT2D eigenvalue weighted by Gasteiger charge is 2.22. The minimum Gasteiger partial charge on any atom is -0.497 e. The van der Waals surface area contributed by atoms with Crippen LogP contribution in [0.15, 0.2) is 57.0 Å². The molecule has 0 spiro atoms. The van der Waals surface area contributed by atoms with Gasteiger partial charge in [-0.3, -0.25) is 4.79 Å². The first-order chi connectivity index (χ1) is 12.9. The highest BCUT2D eigenvalue weighted by molar-refractivity contribution is 9.11. The van der Waals surface area contributed by atoms with Gasteiger partial charge in [0.1, 0.15) is 11.5 Å². The van der Waals surface area contributed by atoms with E-state index in [2.05, 4.69) is 31.9 Å². The molecule has 1 aliphatic rings. The molecular formula is C20H14Br2O5. The van der Waals surface area contributed by atoms with Crippen molar-refractivity contribution in [3.8, 4) is 11.5 Å². The molecule has 3 rings (SSSR count). The van der Waals surface area contributed by atoms with Crippen molar-refractivity contribution in [3.63, 3.8) is 0 Å². The number of hydrogen-bond acceptors (Lipinski definition) is 5. The summed E-state index contributed by atoms with van der Waals surface area (Å²) in [5.41, 5.74) is 1.93. The molecule has 0 unspecified atom stereocenters. The Morgan fingerprint density at radius 2 is 1.74 bits per heavy atom. The van der Waals surface area contributed by atoms with Gasteiger partial charge in [0.15, 0.2) is 5.75 Å². The summed E-state index contributed by atoms with van der Waals surface area (Å²) in [7, 11) is 1.59. The number of methoxy groups -OCH3 is 1. The van der Waals surface area contributed by atoms with Crippen molar-refractivity contribution in [2.45, 2.75) is 6.92 Å². The van der Waals surface area contributed by atoms with Crippen LogP contribution in [0.5, 0.6) is 11.5 Å². The van der Waals surface area contributed by atoms with Crippen molar-refractivity contribution in [2.75, 3.05) is 7.11 Å². The Bertz CT molecular complexity index is 951. The van der Waals surface area contributed by atoms with Crippen LogP contribution in [0.25, 0.3) is 11.8 Å². The molecule has 0 saturated heterocycles. The largest absolute Gasteiger partial charge is 0.497 e. The van der Waals surface area contributed by atoms with Crippen LogP contribution in [-0.4, -0.2) is 19.0 Å². The third-order valence-corrected chi connectivity index (χ3v) is 4.87. The van der Waals surface area contributed by atoms with Crippen molar-refractivity contribution < 1.29 is 23.8 Å². The molecule has 2 aromatic carbocycles. The molecule has 0 aromatic heterocycles. The van der Waals surface area contributed by atoms with Crippen molar-refractivity contribution >= 4 is 55.6 Å². The first-order valence-corrected chi connectivity index (χ1v) is 9.43. The van der Waals surface area contributed by atoms with Gasteiger partial charge in [0, 0.05) is 12.5 Å². The number of carbonyl (C=O) groups excluding carboxylic acids is 2. The molecule has 0 amide bonds. The highest BCUT2D eigenvalue weighted by atomic mass is 79.9. The van der Waals surface area contributed by atoms with Crippen LogP contribution in [0.3, 0.4) is 0 Å². The number of ether oxygens (including phenoxy) is 3. The fraction of sp³-hybridized carbons (Fsp3) is 0.100. The standard InChI is InChI=1S/C20H14Br2O5/c1-11(23)26-19-16(21)8-12(9-17(19)22)7-14-10-18(27-20(14)24)13-3-5-15(25-2)6-4-13/h3-10H,1-2H3/b14-7+. The molecule has 0 N–H and O–H groups in total. The van der Waals surface area contributed by atoms with E-state index in [1.54, 1.807) is 43.5 Å². The summed E-state index contributed by atoms with van der Waals surface area (Å²) in [6, 6.07) is 10.7. The molecule has 5 nitrogen and oxygen atoms in total. The van der Waals surface area contributed by atoms with Gasteiger partial charge in [-0.15, -0.1) is 0 Å². The summed E-state index contributed by atoms with van der Waals surface area (Å²) >= 11 is 6.75. The second kappa shape index (κ2) is 8.10. The Balaban J connectivity index is 1.91. The van der Waals surface area contributed by atoms with Gasteiger partial charge in [-0.05, 0) is 86.0 Å². The van der Waals surface area contributed by atoms with Crippen LogP contribution in [0.2, 0.25) is 0 Å². The fourth-order valence-corrected chi connectivity index (χ4v) is 3.85. The van der Waals surface area contributed by atoms with Gasteiger partial charge in [0.05, 0.1) is 21.6 Å². The Hall–Kier alpha value is -2.38. The van der Waals surface area contributed by atoms with Gasteiger partial charge in [0.2, 0.25) is 0 Å². The molecule has 27 heavy (non-hydrogen) atoms. The first kappa shape index (κ1) is 19.4. The van der Waals surface area contributed by atoms with E-state index in [9.17, 15) is 9.59 Å². The summed E-state index contributed by atoms with van der Waals surface area (Å²) in [5.74, 6) is 0.727. The minimum atomic E-state index is -0.433. The second-order valence-electron chi connectivity index (χ2n) is 5.63. The number of carbonyl (C=O) groups is 2. The van der Waals surface area contributed by atoms with Crippen molar-refractivity contribution in [1.82, 2.24) is 0 Å². The number of esters is 2. The number of benzene rings is 2. The van der Waals surface area contributed by atoms with Crippen LogP contribution in [-0.2, 0) is 14.3 Å². The Labute approximate surface area is 172 Å². The van der Waals surface area contributed by atoms with E-state index in [0.717, 1.165) is 16.9 Å². The third-order valence-electron chi connectivity index (χ3n) is 3.69. The maximum absolute atomic E-state index is 12.2. The summed E-state index contributed by atoms with van der Waals surface area (Å²) < 4.78 is 16.8. The van der Waals surface area contributed by atoms with Crippen molar-refractivity contribution in [1.29, 1.82) is 0 Å². The predicted molar refractivity (Wildman–Crippen MR) is 108 cm³/mol. The number of halogens is 2. The third kappa shape index (κ3) is 4.48. The van der Waals surface area contributed by atoms with Gasteiger partial charge in [-0.1, -0.05) is 0 Å². The average molecular weight is 494 g/mol. The summed E-state index contributed by atoms with van der Waals surface area (Å²) in [6.07, 6.45) is 3.39. The lowest BCUT2D eigenvalue weighted by Gasteiger charge is -2.08. The van der Waals surface area contributed by atoms with Gasteiger partial charge >= 0.3 is 11.9 Å². The second-order valence-corrected chi connectivity index (χ2v) is 7.34. The van der Waals surface area contributed by atoms with Crippen molar-refractivity contribution in [3.05, 3.63) is 68.1 Å². The highest BCUT2D eigenvalue weighted by Crippen LogP contribution is 2.36. The lowest BCUT2D eigenvalue weighted by atomic mass is 10.1. The maximum Gasteiger partial charge on any atom is 0.343 e. The summed E-state index contributed by atoms with van der Waals surface area (Å²) in [5, 5.41) is 0. The Kier molecular flexibility index (Phi) is 5.82. The zero-order valence-electron chi connectivity index (χ0n) is 14.4. The number of hydrogen-bond donors (Lipinski definition) is 0. The minimum absolute atomic E-state index is 0.383. The van der Waals surface area contributed by atoms with E-state index < -0.39 is 11.9 Å². The summed E-state index contributed by atoms with van der Waals surface area (Å²) in [4.78, 5) is 23.4. The first-order valence-electron chi connectivity index (χ1n) is 7.85. The molecule has 0 aliphatic carbocycles. The summed E-state index contributed by atoms with van der Waals surface area (Å²) in [6.45, 7) is 1.33. The van der Waals surface area contributed by atoms with Crippen LogP contribution in [0, 0.1) is 0 Å². The van der Waals surface area contributed by atoms with Crippen molar-refractivity contribution in [2.24, 2.45) is 0 Å². The van der Waals surface area contributed by atoms with Crippen LogP contribution in [0.1, 0.15) is 18.1 Å². The molecule has 0 saturated carbocycles. The quantitative estimate of drug-likeness (QED) is 0.336. The van der Waals surface area contributed by atoms with Crippen LogP contribution < -0.4 is 9.47 Å². The zero-order valence-corrected chi connectivity index (χ0v) is 17.6. The SMILES string of the molecule is COc1ccc(C2=C/C(=C\c3cc(Br)c(OC(C)=O)c(Br)c3)C(=O)O2)cc1. The molecule has 0 fully saturated rings. The maximum atomic E-state index is 12.2. The monoisotopic (exact) mass is 492 g/mol. The van der Waals surface area contributed by atoms with Crippen LogP contribution in [0.4, 0.5) is 0 Å². The van der Waals surface area contributed by atoms with E-state index >= 15 is 0 Å². The lowest BCUT2D eigenvalue weighted by molar-refractivity contribution is -0.132. The van der Waals surface area contributed by atoms with Gasteiger partial charge in [0.25, 0.3) is 0 Å². The predicted octanol–water partition coefficient (Wildman–Crippen LogP) is 5.13. The molecule has 0 bridgehead atoms. The molecule has 1 heterocycles. The molecule has 7 heteroatoms. The normalized spacial score (nSPS) is 14.7. The average Bonchev–Trinajstić information content (AvgIpc) is 2.99. The van der Waals surface area contributed by atoms with E-state index in [1.165, 1.54) is 6.92 Å². The number of cyclic esters (lactones) is 1. The number of rotatable bonds is 4. The smallest absolute Gasteiger partial charge is 0.343 e. The van der Waals surface area contributed by atoms with E-state index in [-0.39, 0.29) is 0 Å². The Morgan fingerprint density at radius 3 is 2.30 bits per heavy atom. The van der Waals surface area contributed by atoms with E-state index in [1.807, 2.05) is 12.1 Å². The zero-order chi connectivity index (χ0) is 19.6. The van der Waals surface area contributed by atoms with Gasteiger partial charge in [-0.25, -0.2) is 4.79 Å². The molecule has 138 valence electrons. The van der Waals surface area contributed by atoms with Crippen LogP contribution >= 0.6 is 31.9 Å². The molecule has 0 radical (unpaired) electrons. The Morgan fingerprint density at radius 1 is 1.11 bits per heavy atom. The molecule has 1 aliphatic heterocycles. The molecular weight excluding hydrogens is 480 g/mol. The van der Waals surface area contributed by atoms with Gasteiger partial charge in [-0.2, -0.15) is 0 Å². The van der Waals surface area contributed by atoms with E-state index in [4.69, 9.17) is 14.2 Å². The molecule has 0 atom stereocenters. The fourth-order valence-electron chi connectivity index (χ4n) is 2.47. The lowest BCUT2D eigenvalue weighted by Crippen LogP contribution is -2.03. The van der Waals surface area contributed by atoms with Gasteiger partial charge < -0.3 is 14.2 Å². The van der Waals surface area contributed by atoms with E-state index in [0.29, 0.717) is 26.0 Å².